The third-order valence-electron chi connectivity index (χ3n) is 6.96. The highest BCUT2D eigenvalue weighted by Gasteiger charge is 2.41. The molecule has 0 aliphatic carbocycles. The van der Waals surface area contributed by atoms with E-state index in [1.54, 1.807) is 30.0 Å². The van der Waals surface area contributed by atoms with Gasteiger partial charge in [-0.3, -0.25) is 9.59 Å². The number of carbonyl (C=O) groups excluding carboxylic acids is 2. The number of methoxy groups -OCH3 is 1. The zero-order chi connectivity index (χ0) is 28.1. The number of anilines is 1. The molecule has 12 heteroatoms. The van der Waals surface area contributed by atoms with Crippen LogP contribution in [0.15, 0.2) is 36.8 Å². The van der Waals surface area contributed by atoms with Gasteiger partial charge in [-0.1, -0.05) is 31.9 Å². The van der Waals surface area contributed by atoms with Crippen molar-refractivity contribution >= 4 is 27.7 Å². The SMILES string of the molecule is CCCCC(NS(=O)(=O)C(C)(C)N)C(=O)Nc1cn(C(C)(C(=O)N2CCCC2)c2ccc(OC)cc2)cn1. The molecule has 1 saturated heterocycles. The first kappa shape index (κ1) is 29.6. The molecule has 0 spiro atoms. The van der Waals surface area contributed by atoms with Gasteiger partial charge in [-0.2, -0.15) is 0 Å². The molecule has 38 heavy (non-hydrogen) atoms. The minimum absolute atomic E-state index is 0.0748. The van der Waals surface area contributed by atoms with Crippen LogP contribution in [0.3, 0.4) is 0 Å². The molecule has 0 radical (unpaired) electrons. The lowest BCUT2D eigenvalue weighted by Gasteiger charge is -2.34. The maximum atomic E-state index is 13.8. The first-order valence-electron chi connectivity index (χ1n) is 12.9. The molecule has 2 aromatic rings. The van der Waals surface area contributed by atoms with E-state index < -0.39 is 32.4 Å². The summed E-state index contributed by atoms with van der Waals surface area (Å²) in [5, 5.41) is 2.71. The van der Waals surface area contributed by atoms with Crippen molar-refractivity contribution in [1.29, 1.82) is 0 Å². The van der Waals surface area contributed by atoms with E-state index in [4.69, 9.17) is 10.5 Å². The molecule has 1 aliphatic rings. The Hall–Kier alpha value is -2.96. The van der Waals surface area contributed by atoms with Gasteiger partial charge in [0.15, 0.2) is 5.82 Å². The highest BCUT2D eigenvalue weighted by molar-refractivity contribution is 7.90. The summed E-state index contributed by atoms with van der Waals surface area (Å²) in [4.78, 5) is 31.6. The van der Waals surface area contributed by atoms with Crippen LogP contribution in [0.5, 0.6) is 5.75 Å². The summed E-state index contributed by atoms with van der Waals surface area (Å²) < 4.78 is 34.7. The van der Waals surface area contributed by atoms with Crippen LogP contribution >= 0.6 is 0 Å². The Labute approximate surface area is 225 Å². The number of nitrogens with two attached hydrogens (primary N) is 1. The van der Waals surface area contributed by atoms with E-state index in [9.17, 15) is 18.0 Å². The molecule has 2 heterocycles. The van der Waals surface area contributed by atoms with Crippen LogP contribution in [0, 0.1) is 0 Å². The van der Waals surface area contributed by atoms with Crippen LogP contribution in [0.25, 0.3) is 0 Å². The largest absolute Gasteiger partial charge is 0.497 e. The lowest BCUT2D eigenvalue weighted by molar-refractivity contribution is -0.137. The lowest BCUT2D eigenvalue weighted by atomic mass is 9.90. The van der Waals surface area contributed by atoms with Gasteiger partial charge in [0.25, 0.3) is 5.91 Å². The molecule has 2 amide bonds. The molecule has 11 nitrogen and oxygen atoms in total. The number of hydrogen-bond donors (Lipinski definition) is 3. The maximum Gasteiger partial charge on any atom is 0.253 e. The molecule has 2 atom stereocenters. The average molecular weight is 549 g/mol. The number of amides is 2. The number of hydrogen-bond acceptors (Lipinski definition) is 7. The Balaban J connectivity index is 1.90. The minimum atomic E-state index is -3.96. The van der Waals surface area contributed by atoms with Gasteiger partial charge in [0, 0.05) is 19.3 Å². The van der Waals surface area contributed by atoms with Gasteiger partial charge < -0.3 is 25.3 Å². The Kier molecular flexibility index (Phi) is 9.21. The van der Waals surface area contributed by atoms with Crippen molar-refractivity contribution in [3.05, 3.63) is 42.4 Å². The summed E-state index contributed by atoms with van der Waals surface area (Å²) in [5.74, 6) is 0.254. The quantitative estimate of drug-likeness (QED) is 0.369. The fourth-order valence-corrected chi connectivity index (χ4v) is 5.27. The number of nitrogens with one attached hydrogen (secondary N) is 2. The van der Waals surface area contributed by atoms with Crippen molar-refractivity contribution in [3.8, 4) is 5.75 Å². The zero-order valence-electron chi connectivity index (χ0n) is 22.9. The summed E-state index contributed by atoms with van der Waals surface area (Å²) >= 11 is 0. The number of unbranched alkanes of at least 4 members (excludes halogenated alkanes) is 1. The van der Waals surface area contributed by atoms with Crippen molar-refractivity contribution in [1.82, 2.24) is 19.2 Å². The highest BCUT2D eigenvalue weighted by atomic mass is 32.2. The number of benzene rings is 1. The number of carbonyl (C=O) groups is 2. The molecule has 1 aliphatic heterocycles. The fraction of sp³-hybridized carbons (Fsp3) is 0.577. The normalized spacial score (nSPS) is 16.6. The van der Waals surface area contributed by atoms with Crippen molar-refractivity contribution in [2.75, 3.05) is 25.5 Å². The van der Waals surface area contributed by atoms with Gasteiger partial charge in [-0.15, -0.1) is 0 Å². The first-order chi connectivity index (χ1) is 17.8. The Morgan fingerprint density at radius 1 is 1.16 bits per heavy atom. The van der Waals surface area contributed by atoms with Crippen molar-refractivity contribution < 1.29 is 22.7 Å². The van der Waals surface area contributed by atoms with E-state index in [1.165, 1.54) is 20.2 Å². The smallest absolute Gasteiger partial charge is 0.253 e. The molecule has 1 aromatic heterocycles. The van der Waals surface area contributed by atoms with E-state index in [-0.39, 0.29) is 11.7 Å². The van der Waals surface area contributed by atoms with E-state index in [0.29, 0.717) is 31.7 Å². The van der Waals surface area contributed by atoms with E-state index in [2.05, 4.69) is 15.0 Å². The van der Waals surface area contributed by atoms with Gasteiger partial charge >= 0.3 is 0 Å². The molecule has 2 unspecified atom stereocenters. The number of imidazole rings is 1. The maximum absolute atomic E-state index is 13.8. The second-order valence-electron chi connectivity index (χ2n) is 10.4. The molecule has 0 saturated carbocycles. The van der Waals surface area contributed by atoms with Gasteiger partial charge in [0.1, 0.15) is 22.2 Å². The monoisotopic (exact) mass is 548 g/mol. The average Bonchev–Trinajstić information content (AvgIpc) is 3.58. The number of ether oxygens (including phenoxy) is 1. The molecule has 1 aromatic carbocycles. The number of sulfonamides is 1. The van der Waals surface area contributed by atoms with E-state index in [0.717, 1.165) is 24.8 Å². The molecule has 3 rings (SSSR count). The van der Waals surface area contributed by atoms with E-state index >= 15 is 0 Å². The summed E-state index contributed by atoms with van der Waals surface area (Å²) in [6.45, 7) is 7.87. The molecular formula is C26H40N6O5S. The third kappa shape index (κ3) is 6.36. The number of aromatic nitrogens is 2. The third-order valence-corrected chi connectivity index (χ3v) is 8.95. The standard InChI is InChI=1S/C26H40N6O5S/c1-6-7-10-21(30-38(35,36)25(2,3)27)23(33)29-22-17-32(18-28-22)26(4,24(34)31-15-8-9-16-31)19-11-13-20(37-5)14-12-19/h11-14,17-18,21,30H,6-10,15-16,27H2,1-5H3,(H,29,33). The topological polar surface area (TPSA) is 149 Å². The van der Waals surface area contributed by atoms with Crippen LogP contribution in [0.4, 0.5) is 5.82 Å². The molecule has 0 bridgehead atoms. The second kappa shape index (κ2) is 11.8. The predicted octanol–water partition coefficient (Wildman–Crippen LogP) is 2.39. The predicted molar refractivity (Wildman–Crippen MR) is 146 cm³/mol. The molecule has 4 N–H and O–H groups in total. The summed E-state index contributed by atoms with van der Waals surface area (Å²) in [6, 6.07) is 6.26. The number of nitrogens with zero attached hydrogens (tertiary/aromatic N) is 3. The van der Waals surface area contributed by atoms with Crippen LogP contribution in [-0.4, -0.2) is 65.8 Å². The van der Waals surface area contributed by atoms with Crippen molar-refractivity contribution in [2.45, 2.75) is 76.3 Å². The molecule has 210 valence electrons. The highest BCUT2D eigenvalue weighted by Crippen LogP contribution is 2.32. The van der Waals surface area contributed by atoms with Gasteiger partial charge in [-0.25, -0.2) is 18.1 Å². The van der Waals surface area contributed by atoms with Crippen LogP contribution in [0.1, 0.15) is 65.4 Å². The fourth-order valence-electron chi connectivity index (χ4n) is 4.36. The Bertz CT molecular complexity index is 1220. The van der Waals surface area contributed by atoms with Crippen LogP contribution < -0.4 is 20.5 Å². The lowest BCUT2D eigenvalue weighted by Crippen LogP contribution is -2.54. The Morgan fingerprint density at radius 2 is 1.79 bits per heavy atom. The summed E-state index contributed by atoms with van der Waals surface area (Å²) in [5.41, 5.74) is 5.42. The summed E-state index contributed by atoms with van der Waals surface area (Å²) in [7, 11) is -2.38. The van der Waals surface area contributed by atoms with Crippen molar-refractivity contribution in [2.24, 2.45) is 5.73 Å². The number of likely N-dealkylation sites (tertiary alicyclic amines) is 1. The van der Waals surface area contributed by atoms with Crippen molar-refractivity contribution in [3.63, 3.8) is 0 Å². The number of rotatable bonds is 12. The minimum Gasteiger partial charge on any atom is -0.497 e. The molecular weight excluding hydrogens is 508 g/mol. The first-order valence-corrected chi connectivity index (χ1v) is 14.4. The van der Waals surface area contributed by atoms with Gasteiger partial charge in [0.05, 0.1) is 13.4 Å². The molecule has 1 fully saturated rings. The second-order valence-corrected chi connectivity index (χ2v) is 12.7. The van der Waals surface area contributed by atoms with E-state index in [1.807, 2.05) is 30.9 Å². The zero-order valence-corrected chi connectivity index (χ0v) is 23.7. The van der Waals surface area contributed by atoms with Crippen LogP contribution in [0.2, 0.25) is 0 Å². The van der Waals surface area contributed by atoms with Gasteiger partial charge in [0.2, 0.25) is 15.9 Å². The summed E-state index contributed by atoms with van der Waals surface area (Å²) in [6.07, 6.45) is 6.71. The van der Waals surface area contributed by atoms with Crippen LogP contribution in [-0.2, 0) is 25.2 Å². The van der Waals surface area contributed by atoms with Gasteiger partial charge in [-0.05, 0) is 57.7 Å². The Morgan fingerprint density at radius 3 is 2.34 bits per heavy atom.